The number of nitrogens with zero attached hydrogens (tertiary/aromatic N) is 3. The smallest absolute Gasteiger partial charge is 0.233 e. The van der Waals surface area contributed by atoms with Crippen molar-refractivity contribution in [1.29, 1.82) is 0 Å². The Bertz CT molecular complexity index is 448. The highest BCUT2D eigenvalue weighted by Crippen LogP contribution is 2.08. The molecular formula is C12H15ClN3+. The molecule has 0 aliphatic rings. The fourth-order valence-corrected chi connectivity index (χ4v) is 1.72. The highest BCUT2D eigenvalue weighted by Gasteiger charge is 2.04. The summed E-state index contributed by atoms with van der Waals surface area (Å²) in [4.78, 5) is 0. The molecule has 0 atom stereocenters. The van der Waals surface area contributed by atoms with Crippen molar-refractivity contribution in [2.45, 2.75) is 26.4 Å². The molecule has 0 aliphatic heterocycles. The second-order valence-electron chi connectivity index (χ2n) is 3.81. The number of rotatable bonds is 4. The molecule has 0 fully saturated rings. The van der Waals surface area contributed by atoms with Crippen molar-refractivity contribution in [2.75, 3.05) is 0 Å². The zero-order valence-corrected chi connectivity index (χ0v) is 10.1. The van der Waals surface area contributed by atoms with Crippen LogP contribution >= 0.6 is 11.6 Å². The summed E-state index contributed by atoms with van der Waals surface area (Å²) in [6.07, 6.45) is 4.98. The first-order valence-corrected chi connectivity index (χ1v) is 5.81. The van der Waals surface area contributed by atoms with Crippen LogP contribution in [-0.2, 0) is 13.1 Å². The van der Waals surface area contributed by atoms with Crippen molar-refractivity contribution in [2.24, 2.45) is 0 Å². The second-order valence-corrected chi connectivity index (χ2v) is 4.24. The summed E-state index contributed by atoms with van der Waals surface area (Å²) in [6.45, 7) is 3.94. The maximum atomic E-state index is 5.84. The predicted molar refractivity (Wildman–Crippen MR) is 63.3 cm³/mol. The normalized spacial score (nSPS) is 10.6. The van der Waals surface area contributed by atoms with E-state index in [-0.39, 0.29) is 0 Å². The van der Waals surface area contributed by atoms with Gasteiger partial charge in [0, 0.05) is 10.1 Å². The maximum absolute atomic E-state index is 5.84. The van der Waals surface area contributed by atoms with E-state index in [9.17, 15) is 0 Å². The summed E-state index contributed by atoms with van der Waals surface area (Å²) in [5, 5.41) is 5.05. The highest BCUT2D eigenvalue weighted by atomic mass is 35.5. The van der Waals surface area contributed by atoms with Gasteiger partial charge in [-0.15, -0.1) is 4.68 Å². The van der Waals surface area contributed by atoms with Gasteiger partial charge >= 0.3 is 0 Å². The molecule has 1 aromatic heterocycles. The Labute approximate surface area is 100 Å². The van der Waals surface area contributed by atoms with Gasteiger partial charge in [0.2, 0.25) is 6.33 Å². The molecule has 84 valence electrons. The zero-order chi connectivity index (χ0) is 11.4. The third-order valence-electron chi connectivity index (χ3n) is 2.36. The molecule has 16 heavy (non-hydrogen) atoms. The third-order valence-corrected chi connectivity index (χ3v) is 2.61. The van der Waals surface area contributed by atoms with Gasteiger partial charge in [-0.2, -0.15) is 0 Å². The van der Waals surface area contributed by atoms with Crippen LogP contribution in [0.25, 0.3) is 0 Å². The molecule has 1 aromatic carbocycles. The van der Waals surface area contributed by atoms with Crippen LogP contribution in [-0.4, -0.2) is 9.78 Å². The summed E-state index contributed by atoms with van der Waals surface area (Å²) in [5.74, 6) is 0. The first-order valence-electron chi connectivity index (χ1n) is 5.44. The lowest BCUT2D eigenvalue weighted by molar-refractivity contribution is -0.689. The Kier molecular flexibility index (Phi) is 3.57. The summed E-state index contributed by atoms with van der Waals surface area (Å²) < 4.78 is 4.02. The van der Waals surface area contributed by atoms with Crippen LogP contribution < -0.4 is 4.57 Å². The van der Waals surface area contributed by atoms with E-state index in [2.05, 4.69) is 16.6 Å². The van der Waals surface area contributed by atoms with Gasteiger partial charge in [0.1, 0.15) is 6.54 Å². The fourth-order valence-electron chi connectivity index (χ4n) is 1.59. The first kappa shape index (κ1) is 11.1. The van der Waals surface area contributed by atoms with Crippen molar-refractivity contribution in [3.05, 3.63) is 47.5 Å². The van der Waals surface area contributed by atoms with Gasteiger partial charge in [0.05, 0.1) is 6.54 Å². The third kappa shape index (κ3) is 2.83. The molecule has 1 heterocycles. The molecule has 3 nitrogen and oxygen atoms in total. The largest absolute Gasteiger partial charge is 0.265 e. The molecule has 2 aromatic rings. The van der Waals surface area contributed by atoms with E-state index in [1.54, 1.807) is 0 Å². The highest BCUT2D eigenvalue weighted by molar-refractivity contribution is 6.30. The lowest BCUT2D eigenvalue weighted by Gasteiger charge is -1.97. The number of hydrogen-bond donors (Lipinski definition) is 0. The molecular weight excluding hydrogens is 222 g/mol. The van der Waals surface area contributed by atoms with Crippen molar-refractivity contribution in [3.63, 3.8) is 0 Å². The number of aromatic nitrogens is 3. The maximum Gasteiger partial charge on any atom is 0.265 e. The Morgan fingerprint density at radius 2 is 2.06 bits per heavy atom. The molecule has 4 heteroatoms. The fraction of sp³-hybridized carbons (Fsp3) is 0.333. The van der Waals surface area contributed by atoms with Crippen LogP contribution in [0.15, 0.2) is 36.9 Å². The summed E-state index contributed by atoms with van der Waals surface area (Å²) in [6, 6.07) is 7.89. The van der Waals surface area contributed by atoms with E-state index in [4.69, 9.17) is 11.6 Å². The van der Waals surface area contributed by atoms with E-state index in [0.29, 0.717) is 0 Å². The summed E-state index contributed by atoms with van der Waals surface area (Å²) in [5.41, 5.74) is 1.23. The summed E-state index contributed by atoms with van der Waals surface area (Å²) >= 11 is 5.84. The monoisotopic (exact) mass is 236 g/mol. The van der Waals surface area contributed by atoms with Crippen LogP contribution in [0.2, 0.25) is 5.02 Å². The van der Waals surface area contributed by atoms with Crippen molar-refractivity contribution < 1.29 is 4.57 Å². The lowest BCUT2D eigenvalue weighted by Crippen LogP contribution is -2.31. The predicted octanol–water partition coefficient (Wildman–Crippen LogP) is 2.28. The van der Waals surface area contributed by atoms with Gasteiger partial charge < -0.3 is 0 Å². The van der Waals surface area contributed by atoms with Gasteiger partial charge in [-0.3, -0.25) is 0 Å². The quantitative estimate of drug-likeness (QED) is 0.747. The number of aryl methyl sites for hydroxylation is 1. The van der Waals surface area contributed by atoms with Crippen LogP contribution in [0.1, 0.15) is 18.9 Å². The Morgan fingerprint density at radius 3 is 2.75 bits per heavy atom. The molecule has 0 aliphatic carbocycles. The molecule has 0 unspecified atom stereocenters. The molecule has 0 saturated heterocycles. The Morgan fingerprint density at radius 1 is 1.31 bits per heavy atom. The molecule has 0 saturated carbocycles. The van der Waals surface area contributed by atoms with Gasteiger partial charge in [-0.05, 0) is 24.1 Å². The van der Waals surface area contributed by atoms with Crippen LogP contribution in [0, 0.1) is 0 Å². The van der Waals surface area contributed by atoms with Gasteiger partial charge in [0.15, 0.2) is 0 Å². The van der Waals surface area contributed by atoms with Gasteiger partial charge in [0.25, 0.3) is 6.33 Å². The van der Waals surface area contributed by atoms with Crippen molar-refractivity contribution in [1.82, 2.24) is 9.78 Å². The topological polar surface area (TPSA) is 21.7 Å². The number of benzene rings is 1. The van der Waals surface area contributed by atoms with E-state index >= 15 is 0 Å². The van der Waals surface area contributed by atoms with Gasteiger partial charge in [-0.25, -0.2) is 4.57 Å². The second kappa shape index (κ2) is 5.12. The molecule has 0 amide bonds. The first-order chi connectivity index (χ1) is 7.78. The average Bonchev–Trinajstić information content (AvgIpc) is 2.70. The summed E-state index contributed by atoms with van der Waals surface area (Å²) in [7, 11) is 0. The van der Waals surface area contributed by atoms with Crippen LogP contribution in [0.5, 0.6) is 0 Å². The number of halogens is 1. The Balaban J connectivity index is 2.05. The van der Waals surface area contributed by atoms with E-state index in [1.165, 1.54) is 5.56 Å². The lowest BCUT2D eigenvalue weighted by atomic mass is 10.2. The van der Waals surface area contributed by atoms with Gasteiger partial charge in [-0.1, -0.05) is 30.7 Å². The molecule has 0 spiro atoms. The molecule has 0 N–H and O–H groups in total. The minimum Gasteiger partial charge on any atom is -0.233 e. The van der Waals surface area contributed by atoms with Crippen LogP contribution in [0.4, 0.5) is 0 Å². The molecule has 0 radical (unpaired) electrons. The van der Waals surface area contributed by atoms with E-state index < -0.39 is 0 Å². The minimum absolute atomic E-state index is 0.774. The van der Waals surface area contributed by atoms with E-state index in [1.807, 2.05) is 41.6 Å². The van der Waals surface area contributed by atoms with Crippen LogP contribution in [0.3, 0.4) is 0 Å². The Hall–Kier alpha value is -1.35. The number of hydrogen-bond acceptors (Lipinski definition) is 1. The van der Waals surface area contributed by atoms with Crippen molar-refractivity contribution in [3.8, 4) is 0 Å². The minimum atomic E-state index is 0.774. The zero-order valence-electron chi connectivity index (χ0n) is 9.31. The SMILES string of the molecule is CCCn1c[n+](Cc2ccc(Cl)cc2)cn1. The average molecular weight is 237 g/mol. The molecule has 0 bridgehead atoms. The van der Waals surface area contributed by atoms with Crippen molar-refractivity contribution >= 4 is 11.6 Å². The van der Waals surface area contributed by atoms with E-state index in [0.717, 1.165) is 24.5 Å². The molecule has 2 rings (SSSR count). The standard InChI is InChI=1S/C12H15ClN3/c1-2-7-16-10-15(9-14-16)8-11-3-5-12(13)6-4-11/h3-6,9-10H,2,7-8H2,1H3/q+1.